The second kappa shape index (κ2) is 16.6. The minimum Gasteiger partial charge on any atom is -0.311 e. The minimum absolute atomic E-state index is 0.0142. The van der Waals surface area contributed by atoms with Crippen molar-refractivity contribution < 1.29 is 0 Å². The molecule has 4 aliphatic rings. The van der Waals surface area contributed by atoms with Gasteiger partial charge in [0.05, 0.1) is 11.1 Å². The molecule has 0 N–H and O–H groups in total. The number of anilines is 6. The van der Waals surface area contributed by atoms with Gasteiger partial charge < -0.3 is 9.80 Å². The molecule has 77 heavy (non-hydrogen) atoms. The fraction of sp³-hybridized carbons (Fsp3) is 0.233. The first kappa shape index (κ1) is 48.0. The summed E-state index contributed by atoms with van der Waals surface area (Å²) in [6.45, 7) is 28.1. The van der Waals surface area contributed by atoms with Crippen LogP contribution >= 0.6 is 11.3 Å². The molecule has 4 heteroatoms. The molecule has 0 unspecified atom stereocenters. The highest BCUT2D eigenvalue weighted by molar-refractivity contribution is 7.33. The quantitative estimate of drug-likeness (QED) is 0.162. The first-order valence-corrected chi connectivity index (χ1v) is 28.8. The molecule has 0 amide bonds. The van der Waals surface area contributed by atoms with Gasteiger partial charge in [0, 0.05) is 43.3 Å². The molecule has 2 aliphatic heterocycles. The van der Waals surface area contributed by atoms with E-state index < -0.39 is 5.41 Å². The van der Waals surface area contributed by atoms with Crippen LogP contribution in [0.15, 0.2) is 182 Å². The Kier molecular flexibility index (Phi) is 10.3. The van der Waals surface area contributed by atoms with E-state index in [4.69, 9.17) is 0 Å². The molecule has 14 rings (SSSR count). The summed E-state index contributed by atoms with van der Waals surface area (Å²) in [6, 6.07) is 71.3. The van der Waals surface area contributed by atoms with Crippen molar-refractivity contribution in [1.82, 2.24) is 0 Å². The first-order chi connectivity index (χ1) is 36.8. The predicted molar refractivity (Wildman–Crippen MR) is 333 cm³/mol. The van der Waals surface area contributed by atoms with E-state index >= 15 is 0 Å². The van der Waals surface area contributed by atoms with Crippen molar-refractivity contribution in [2.45, 2.75) is 111 Å². The van der Waals surface area contributed by atoms with E-state index in [0.717, 1.165) is 0 Å². The molecule has 3 heterocycles. The van der Waals surface area contributed by atoms with Gasteiger partial charge in [0.25, 0.3) is 6.71 Å². The highest BCUT2D eigenvalue weighted by Gasteiger charge is 2.53. The Morgan fingerprint density at radius 2 is 1.06 bits per heavy atom. The van der Waals surface area contributed by atoms with Crippen LogP contribution in [0.25, 0.3) is 43.5 Å². The zero-order valence-electron chi connectivity index (χ0n) is 46.8. The summed E-state index contributed by atoms with van der Waals surface area (Å²) in [5, 5.41) is 1.31. The highest BCUT2D eigenvalue weighted by Crippen LogP contribution is 2.64. The lowest BCUT2D eigenvalue weighted by Crippen LogP contribution is -2.60. The van der Waals surface area contributed by atoms with E-state index in [9.17, 15) is 0 Å². The molecule has 0 saturated heterocycles. The van der Waals surface area contributed by atoms with Crippen molar-refractivity contribution >= 4 is 78.0 Å². The lowest BCUT2D eigenvalue weighted by atomic mass is 9.36. The number of nitrogens with zero attached hydrogens (tertiary/aromatic N) is 2. The Morgan fingerprint density at radius 1 is 0.481 bits per heavy atom. The van der Waals surface area contributed by atoms with Crippen LogP contribution in [-0.2, 0) is 21.7 Å². The van der Waals surface area contributed by atoms with Crippen molar-refractivity contribution in [3.8, 4) is 33.4 Å². The lowest BCUT2D eigenvalue weighted by Gasteiger charge is -2.43. The SMILES string of the molecule is Cc1cc2c3c(c1)N(c1ccccc1)c1c(sc4cc5c(cc14)-c1ccc(C(C)C)cc1C51c4ccccc4-c4ccccc41)B3c1ccc(-c3c(C(C)(C)C)cccc3C(C)(C)C)cc1N2c1ccc(C(C)(C)C)cc1. The number of fused-ring (bicyclic) bond motifs is 16. The molecule has 0 fully saturated rings. The molecule has 0 bridgehead atoms. The molecule has 378 valence electrons. The number of thiophene rings is 1. The summed E-state index contributed by atoms with van der Waals surface area (Å²) in [7, 11) is 0. The van der Waals surface area contributed by atoms with E-state index in [2.05, 4.69) is 275 Å². The Morgan fingerprint density at radius 3 is 1.69 bits per heavy atom. The number of para-hydroxylation sites is 1. The van der Waals surface area contributed by atoms with Crippen LogP contribution in [0.3, 0.4) is 0 Å². The van der Waals surface area contributed by atoms with Gasteiger partial charge >= 0.3 is 0 Å². The molecule has 9 aromatic carbocycles. The maximum Gasteiger partial charge on any atom is 0.264 e. The smallest absolute Gasteiger partial charge is 0.264 e. The standard InChI is InChI=1S/C73H67BN2S/c1-43(2)45-29-35-52-53-41-54-65(42-60(53)73(59(52)39-45)55-25-18-16-23-50(55)51-24-17-19-26-56(51)73)77-69-68(54)76(48-21-14-13-15-22-48)64-38-44(3)37-63-67(64)74(69)61-36-30-46(66-57(71(7,8)9)27-20-28-58(66)72(10,11)12)40-62(61)75(63)49-33-31-47(32-34-49)70(4,5)6/h13-43H,1-12H3. The number of benzene rings is 9. The summed E-state index contributed by atoms with van der Waals surface area (Å²) >= 11 is 2.02. The normalized spacial score (nSPS) is 14.6. The number of hydrogen-bond acceptors (Lipinski definition) is 3. The molecule has 1 aromatic heterocycles. The molecular weight excluding hydrogens is 948 g/mol. The van der Waals surface area contributed by atoms with Gasteiger partial charge in [-0.05, 0) is 178 Å². The summed E-state index contributed by atoms with van der Waals surface area (Å²) in [6.07, 6.45) is 0. The van der Waals surface area contributed by atoms with Gasteiger partial charge in [-0.1, -0.05) is 204 Å². The zero-order valence-corrected chi connectivity index (χ0v) is 47.6. The topological polar surface area (TPSA) is 6.48 Å². The Bertz CT molecular complexity index is 4020. The van der Waals surface area contributed by atoms with Gasteiger partial charge in [0.15, 0.2) is 0 Å². The van der Waals surface area contributed by atoms with Crippen molar-refractivity contribution in [3.05, 3.63) is 232 Å². The van der Waals surface area contributed by atoms with E-state index in [1.165, 1.54) is 143 Å². The van der Waals surface area contributed by atoms with Gasteiger partial charge in [0.2, 0.25) is 0 Å². The van der Waals surface area contributed by atoms with E-state index in [0.29, 0.717) is 5.92 Å². The van der Waals surface area contributed by atoms with Crippen LogP contribution in [-0.4, -0.2) is 6.71 Å². The number of rotatable bonds is 4. The van der Waals surface area contributed by atoms with Gasteiger partial charge in [0.1, 0.15) is 0 Å². The number of hydrogen-bond donors (Lipinski definition) is 0. The van der Waals surface area contributed by atoms with Gasteiger partial charge in [-0.15, -0.1) is 11.3 Å². The van der Waals surface area contributed by atoms with Gasteiger partial charge in [-0.2, -0.15) is 0 Å². The molecule has 0 atom stereocenters. The van der Waals surface area contributed by atoms with Crippen LogP contribution in [0.1, 0.15) is 132 Å². The van der Waals surface area contributed by atoms with Gasteiger partial charge in [-0.25, -0.2) is 0 Å². The van der Waals surface area contributed by atoms with Crippen LogP contribution in [0, 0.1) is 6.92 Å². The third kappa shape index (κ3) is 6.86. The predicted octanol–water partition coefficient (Wildman–Crippen LogP) is 18.3. The Hall–Kier alpha value is -7.40. The molecular formula is C73H67BN2S. The molecule has 10 aromatic rings. The molecule has 2 aliphatic carbocycles. The van der Waals surface area contributed by atoms with Crippen LogP contribution in [0.2, 0.25) is 0 Å². The lowest BCUT2D eigenvalue weighted by molar-refractivity contribution is 0.572. The van der Waals surface area contributed by atoms with Crippen molar-refractivity contribution in [1.29, 1.82) is 0 Å². The molecule has 2 nitrogen and oxygen atoms in total. The second-order valence-electron chi connectivity index (χ2n) is 26.0. The maximum absolute atomic E-state index is 2.63. The largest absolute Gasteiger partial charge is 0.311 e. The zero-order chi connectivity index (χ0) is 53.2. The summed E-state index contributed by atoms with van der Waals surface area (Å²) in [4.78, 5) is 5.24. The summed E-state index contributed by atoms with van der Waals surface area (Å²) in [5.74, 6) is 0.401. The maximum atomic E-state index is 2.63. The third-order valence-electron chi connectivity index (χ3n) is 17.7. The fourth-order valence-corrected chi connectivity index (χ4v) is 15.5. The molecule has 0 saturated carbocycles. The Labute approximate surface area is 461 Å². The van der Waals surface area contributed by atoms with E-state index in [1.807, 2.05) is 11.3 Å². The fourth-order valence-electron chi connectivity index (χ4n) is 14.1. The Balaban J connectivity index is 1.09. The van der Waals surface area contributed by atoms with E-state index in [1.54, 1.807) is 0 Å². The monoisotopic (exact) mass is 1010 g/mol. The minimum atomic E-state index is -0.445. The summed E-state index contributed by atoms with van der Waals surface area (Å²) < 4.78 is 2.72. The average Bonchev–Trinajstić information content (AvgIpc) is 4.26. The van der Waals surface area contributed by atoms with E-state index in [-0.39, 0.29) is 23.0 Å². The second-order valence-corrected chi connectivity index (χ2v) is 27.0. The highest BCUT2D eigenvalue weighted by atomic mass is 32.1. The van der Waals surface area contributed by atoms with Crippen LogP contribution in [0.5, 0.6) is 0 Å². The molecule has 0 radical (unpaired) electrons. The van der Waals surface area contributed by atoms with Crippen molar-refractivity contribution in [2.24, 2.45) is 0 Å². The summed E-state index contributed by atoms with van der Waals surface area (Å²) in [5.41, 5.74) is 29.8. The number of aryl methyl sites for hydroxylation is 1. The first-order valence-electron chi connectivity index (χ1n) is 28.0. The van der Waals surface area contributed by atoms with Crippen LogP contribution in [0.4, 0.5) is 34.1 Å². The van der Waals surface area contributed by atoms with Crippen LogP contribution < -0.4 is 25.5 Å². The van der Waals surface area contributed by atoms with Gasteiger partial charge in [-0.3, -0.25) is 0 Å². The third-order valence-corrected chi connectivity index (χ3v) is 18.9. The van der Waals surface area contributed by atoms with Crippen molar-refractivity contribution in [3.63, 3.8) is 0 Å². The van der Waals surface area contributed by atoms with Crippen molar-refractivity contribution in [2.75, 3.05) is 9.80 Å². The molecule has 1 spiro atoms. The average molecular weight is 1020 g/mol.